The molecule has 0 atom stereocenters. The fraction of sp³-hybridized carbons (Fsp3) is 0.292. The summed E-state index contributed by atoms with van der Waals surface area (Å²) in [6.07, 6.45) is 3.85. The number of benzene rings is 2. The average molecular weight is 409 g/mol. The fourth-order valence-corrected chi connectivity index (χ4v) is 3.91. The Morgan fingerprint density at radius 2 is 1.77 bits per heavy atom. The van der Waals surface area contributed by atoms with Gasteiger partial charge in [-0.25, -0.2) is 8.78 Å². The number of methoxy groups -OCH3 is 1. The van der Waals surface area contributed by atoms with E-state index in [2.05, 4.69) is 27.3 Å². The number of nitrogens with one attached hydrogen (secondary N) is 1. The summed E-state index contributed by atoms with van der Waals surface area (Å²) in [7, 11) is 1.66. The number of aromatic nitrogens is 1. The molecule has 0 spiro atoms. The molecule has 2 aromatic carbocycles. The van der Waals surface area contributed by atoms with Crippen LogP contribution in [-0.2, 0) is 6.54 Å². The Hall–Kier alpha value is -2.99. The highest BCUT2D eigenvalue weighted by Crippen LogP contribution is 2.27. The van der Waals surface area contributed by atoms with Gasteiger partial charge in [0, 0.05) is 30.0 Å². The van der Waals surface area contributed by atoms with Gasteiger partial charge in [-0.2, -0.15) is 0 Å². The first kappa shape index (κ1) is 20.3. The van der Waals surface area contributed by atoms with Crippen molar-refractivity contribution in [2.75, 3.05) is 25.1 Å². The smallest absolute Gasteiger partial charge is 0.159 e. The molecule has 1 saturated heterocycles. The summed E-state index contributed by atoms with van der Waals surface area (Å²) in [4.78, 5) is 6.77. The number of ether oxygens (including phenoxy) is 1. The predicted molar refractivity (Wildman–Crippen MR) is 115 cm³/mol. The van der Waals surface area contributed by atoms with E-state index in [0.717, 1.165) is 49.0 Å². The molecule has 0 saturated carbocycles. The largest absolute Gasteiger partial charge is 0.497 e. The van der Waals surface area contributed by atoms with Crippen LogP contribution in [0.3, 0.4) is 0 Å². The number of hydrogen-bond acceptors (Lipinski definition) is 4. The topological polar surface area (TPSA) is 37.4 Å². The van der Waals surface area contributed by atoms with Crippen molar-refractivity contribution in [3.8, 4) is 17.0 Å². The number of pyridine rings is 1. The molecule has 3 aromatic rings. The lowest BCUT2D eigenvalue weighted by Gasteiger charge is -2.36. The molecule has 0 amide bonds. The molecule has 1 N–H and O–H groups in total. The van der Waals surface area contributed by atoms with Crippen molar-refractivity contribution in [2.24, 2.45) is 0 Å². The standard InChI is InChI=1S/C24H25F2N3O/c1-30-21-5-3-19(4-6-21)29(20-9-11-27-12-10-20)16-17-8-13-28-24(14-17)18-2-7-22(25)23(26)15-18/h2-8,13-15,20,27H,9-12,16H2,1H3. The van der Waals surface area contributed by atoms with Crippen molar-refractivity contribution >= 4 is 5.69 Å². The van der Waals surface area contributed by atoms with Gasteiger partial charge in [-0.15, -0.1) is 0 Å². The van der Waals surface area contributed by atoms with Crippen molar-refractivity contribution in [3.63, 3.8) is 0 Å². The summed E-state index contributed by atoms with van der Waals surface area (Å²) < 4.78 is 32.3. The van der Waals surface area contributed by atoms with Gasteiger partial charge < -0.3 is 15.0 Å². The van der Waals surface area contributed by atoms with Crippen molar-refractivity contribution in [3.05, 3.63) is 78.0 Å². The van der Waals surface area contributed by atoms with E-state index in [4.69, 9.17) is 4.74 Å². The summed E-state index contributed by atoms with van der Waals surface area (Å²) in [5.74, 6) is -0.894. The number of hydrogen-bond donors (Lipinski definition) is 1. The van der Waals surface area contributed by atoms with E-state index in [-0.39, 0.29) is 0 Å². The number of halogens is 2. The molecule has 1 aliphatic rings. The zero-order chi connectivity index (χ0) is 20.9. The van der Waals surface area contributed by atoms with Gasteiger partial charge in [0.15, 0.2) is 11.6 Å². The molecule has 30 heavy (non-hydrogen) atoms. The van der Waals surface area contributed by atoms with Crippen LogP contribution in [0.4, 0.5) is 14.5 Å². The lowest BCUT2D eigenvalue weighted by atomic mass is 10.0. The first-order chi connectivity index (χ1) is 14.6. The Kier molecular flexibility index (Phi) is 6.23. The van der Waals surface area contributed by atoms with Crippen LogP contribution >= 0.6 is 0 Å². The lowest BCUT2D eigenvalue weighted by Crippen LogP contribution is -2.43. The highest BCUT2D eigenvalue weighted by molar-refractivity contribution is 5.60. The first-order valence-corrected chi connectivity index (χ1v) is 10.2. The molecule has 1 aromatic heterocycles. The lowest BCUT2D eigenvalue weighted by molar-refractivity contribution is 0.413. The van der Waals surface area contributed by atoms with Gasteiger partial charge in [-0.05, 0) is 86.1 Å². The highest BCUT2D eigenvalue weighted by Gasteiger charge is 2.22. The Morgan fingerprint density at radius 1 is 1.00 bits per heavy atom. The molecule has 0 radical (unpaired) electrons. The van der Waals surface area contributed by atoms with E-state index in [9.17, 15) is 8.78 Å². The molecular weight excluding hydrogens is 384 g/mol. The normalized spacial score (nSPS) is 14.5. The van der Waals surface area contributed by atoms with E-state index in [0.29, 0.717) is 23.8 Å². The Morgan fingerprint density at radius 3 is 2.47 bits per heavy atom. The number of piperidine rings is 1. The monoisotopic (exact) mass is 409 g/mol. The van der Waals surface area contributed by atoms with Crippen molar-refractivity contribution in [1.29, 1.82) is 0 Å². The Balaban J connectivity index is 1.62. The molecule has 4 rings (SSSR count). The van der Waals surface area contributed by atoms with Gasteiger partial charge in [0.05, 0.1) is 12.8 Å². The third-order valence-electron chi connectivity index (χ3n) is 5.55. The second-order valence-electron chi connectivity index (χ2n) is 7.49. The van der Waals surface area contributed by atoms with Gasteiger partial charge in [0.2, 0.25) is 0 Å². The highest BCUT2D eigenvalue weighted by atomic mass is 19.2. The number of rotatable bonds is 6. The summed E-state index contributed by atoms with van der Waals surface area (Å²) in [5.41, 5.74) is 3.40. The van der Waals surface area contributed by atoms with Crippen LogP contribution < -0.4 is 15.0 Å². The molecule has 156 valence electrons. The molecule has 1 aliphatic heterocycles. The molecular formula is C24H25F2N3O. The van der Waals surface area contributed by atoms with Gasteiger partial charge in [-0.3, -0.25) is 4.98 Å². The molecule has 2 heterocycles. The van der Waals surface area contributed by atoms with Crippen LogP contribution in [-0.4, -0.2) is 31.2 Å². The van der Waals surface area contributed by atoms with Crippen molar-refractivity contribution < 1.29 is 13.5 Å². The minimum absolute atomic E-state index is 0.416. The van der Waals surface area contributed by atoms with Crippen molar-refractivity contribution in [1.82, 2.24) is 10.3 Å². The maximum atomic E-state index is 13.7. The SMILES string of the molecule is COc1ccc(N(Cc2ccnc(-c3ccc(F)c(F)c3)c2)C2CCNCC2)cc1. The van der Waals surface area contributed by atoms with E-state index in [1.807, 2.05) is 24.3 Å². The van der Waals surface area contributed by atoms with E-state index >= 15 is 0 Å². The average Bonchev–Trinajstić information content (AvgIpc) is 2.80. The summed E-state index contributed by atoms with van der Waals surface area (Å²) in [5, 5.41) is 3.42. The Bertz CT molecular complexity index is 988. The van der Waals surface area contributed by atoms with Crippen LogP contribution in [0.5, 0.6) is 5.75 Å². The minimum atomic E-state index is -0.866. The van der Waals surface area contributed by atoms with Gasteiger partial charge >= 0.3 is 0 Å². The molecule has 4 nitrogen and oxygen atoms in total. The Labute approximate surface area is 175 Å². The van der Waals surface area contributed by atoms with Crippen LogP contribution in [0.2, 0.25) is 0 Å². The molecule has 6 heteroatoms. The first-order valence-electron chi connectivity index (χ1n) is 10.2. The van der Waals surface area contributed by atoms with Crippen LogP contribution in [0.1, 0.15) is 18.4 Å². The van der Waals surface area contributed by atoms with Crippen LogP contribution in [0.15, 0.2) is 60.8 Å². The summed E-state index contributed by atoms with van der Waals surface area (Å²) in [6, 6.07) is 16.3. The third-order valence-corrected chi connectivity index (χ3v) is 5.55. The molecule has 0 unspecified atom stereocenters. The molecule has 0 aliphatic carbocycles. The van der Waals surface area contributed by atoms with Gasteiger partial charge in [0.1, 0.15) is 5.75 Å². The molecule has 1 fully saturated rings. The van der Waals surface area contributed by atoms with Crippen LogP contribution in [0, 0.1) is 11.6 Å². The quantitative estimate of drug-likeness (QED) is 0.635. The maximum Gasteiger partial charge on any atom is 0.159 e. The maximum absolute atomic E-state index is 13.7. The zero-order valence-corrected chi connectivity index (χ0v) is 16.9. The van der Waals surface area contributed by atoms with E-state index in [1.165, 1.54) is 6.07 Å². The number of anilines is 1. The second kappa shape index (κ2) is 9.22. The second-order valence-corrected chi connectivity index (χ2v) is 7.49. The molecule has 0 bridgehead atoms. The summed E-state index contributed by atoms with van der Waals surface area (Å²) in [6.45, 7) is 2.69. The van der Waals surface area contributed by atoms with Gasteiger partial charge in [-0.1, -0.05) is 0 Å². The minimum Gasteiger partial charge on any atom is -0.497 e. The zero-order valence-electron chi connectivity index (χ0n) is 16.9. The predicted octanol–water partition coefficient (Wildman–Crippen LogP) is 4.79. The van der Waals surface area contributed by atoms with Gasteiger partial charge in [0.25, 0.3) is 0 Å². The fourth-order valence-electron chi connectivity index (χ4n) is 3.91. The third kappa shape index (κ3) is 4.60. The number of nitrogens with zero attached hydrogens (tertiary/aromatic N) is 2. The van der Waals surface area contributed by atoms with Crippen molar-refractivity contribution in [2.45, 2.75) is 25.4 Å². The summed E-state index contributed by atoms with van der Waals surface area (Å²) >= 11 is 0. The van der Waals surface area contributed by atoms with E-state index in [1.54, 1.807) is 19.4 Å². The van der Waals surface area contributed by atoms with E-state index < -0.39 is 11.6 Å². The van der Waals surface area contributed by atoms with Crippen LogP contribution in [0.25, 0.3) is 11.3 Å².